The summed E-state index contributed by atoms with van der Waals surface area (Å²) in [5, 5.41) is 3.03. The first-order valence-electron chi connectivity index (χ1n) is 12.7. The standard InChI is InChI=1S/C28H32N4O3/c33-28(21-6-4-20(5-7-21)18-34-25-2-1-3-25)30-23-8-10-24(11-9-23)32-13-12-22-15-31(17-27(22)32)16-26-14-29-19-35-26/h4-11,14,19,22,25,27H,1-3,12-13,15-18H2,(H,30,33)/t22-,27+/m1/s1. The molecule has 1 saturated carbocycles. The van der Waals surface area contributed by atoms with Gasteiger partial charge in [-0.25, -0.2) is 4.98 Å². The van der Waals surface area contributed by atoms with Crippen molar-refractivity contribution in [1.82, 2.24) is 9.88 Å². The Kier molecular flexibility index (Phi) is 6.27. The van der Waals surface area contributed by atoms with Crippen LogP contribution in [0.15, 0.2) is 65.5 Å². The summed E-state index contributed by atoms with van der Waals surface area (Å²) in [5.41, 5.74) is 3.78. The fourth-order valence-corrected chi connectivity index (χ4v) is 5.48. The molecule has 35 heavy (non-hydrogen) atoms. The molecule has 0 unspecified atom stereocenters. The Morgan fingerprint density at radius 2 is 1.89 bits per heavy atom. The Morgan fingerprint density at radius 1 is 1.06 bits per heavy atom. The summed E-state index contributed by atoms with van der Waals surface area (Å²) in [6, 6.07) is 16.5. The van der Waals surface area contributed by atoms with E-state index in [0.717, 1.165) is 43.2 Å². The van der Waals surface area contributed by atoms with Crippen LogP contribution in [0.5, 0.6) is 0 Å². The SMILES string of the molecule is O=C(Nc1ccc(N2CC[C@@H]3CN(Cc4cnco4)C[C@@H]32)cc1)c1ccc(COC2CCC2)cc1. The number of carbonyl (C=O) groups is 1. The van der Waals surface area contributed by atoms with Crippen molar-refractivity contribution < 1.29 is 13.9 Å². The van der Waals surface area contributed by atoms with Crippen molar-refractivity contribution in [1.29, 1.82) is 0 Å². The van der Waals surface area contributed by atoms with Gasteiger partial charge in [0.15, 0.2) is 6.39 Å². The lowest BCUT2D eigenvalue weighted by Crippen LogP contribution is -2.35. The number of fused-ring (bicyclic) bond motifs is 1. The Balaban J connectivity index is 1.03. The van der Waals surface area contributed by atoms with Gasteiger partial charge in [0.05, 0.1) is 25.5 Å². The van der Waals surface area contributed by atoms with E-state index in [4.69, 9.17) is 9.15 Å². The highest BCUT2D eigenvalue weighted by Crippen LogP contribution is 2.36. The second kappa shape index (κ2) is 9.84. The molecule has 1 N–H and O–H groups in total. The summed E-state index contributed by atoms with van der Waals surface area (Å²) in [6.45, 7) is 4.64. The van der Waals surface area contributed by atoms with Crippen molar-refractivity contribution >= 4 is 17.3 Å². The molecular formula is C28H32N4O3. The average Bonchev–Trinajstić information content (AvgIpc) is 3.58. The molecule has 2 aliphatic heterocycles. The van der Waals surface area contributed by atoms with Crippen LogP contribution in [0.1, 0.15) is 47.4 Å². The maximum absolute atomic E-state index is 12.7. The molecule has 3 aliphatic rings. The number of anilines is 2. The van der Waals surface area contributed by atoms with Crippen molar-refractivity contribution in [2.45, 2.75) is 51.0 Å². The lowest BCUT2D eigenvalue weighted by molar-refractivity contribution is -0.00866. The number of nitrogens with one attached hydrogen (secondary N) is 1. The molecule has 7 nitrogen and oxygen atoms in total. The number of rotatable bonds is 8. The van der Waals surface area contributed by atoms with Gasteiger partial charge in [0.25, 0.3) is 5.91 Å². The number of oxazole rings is 1. The van der Waals surface area contributed by atoms with E-state index in [1.807, 2.05) is 36.4 Å². The third-order valence-corrected chi connectivity index (χ3v) is 7.70. The summed E-state index contributed by atoms with van der Waals surface area (Å²) in [7, 11) is 0. The number of ether oxygens (including phenoxy) is 1. The summed E-state index contributed by atoms with van der Waals surface area (Å²) in [6.07, 6.45) is 8.53. The van der Waals surface area contributed by atoms with Crippen LogP contribution in [0, 0.1) is 5.92 Å². The zero-order chi connectivity index (χ0) is 23.6. The Bertz CT molecular complexity index is 1130. The van der Waals surface area contributed by atoms with Crippen LogP contribution in [-0.2, 0) is 17.9 Å². The molecule has 3 heterocycles. The normalized spacial score (nSPS) is 22.2. The number of aromatic nitrogens is 1. The number of hydrogen-bond donors (Lipinski definition) is 1. The number of likely N-dealkylation sites (tertiary alicyclic amines) is 1. The molecule has 2 saturated heterocycles. The third kappa shape index (κ3) is 4.97. The Hall–Kier alpha value is -3.16. The summed E-state index contributed by atoms with van der Waals surface area (Å²) in [5.74, 6) is 1.51. The van der Waals surface area contributed by atoms with E-state index in [9.17, 15) is 4.79 Å². The minimum atomic E-state index is -0.0932. The monoisotopic (exact) mass is 472 g/mol. The third-order valence-electron chi connectivity index (χ3n) is 7.70. The van der Waals surface area contributed by atoms with Gasteiger partial charge < -0.3 is 19.4 Å². The highest BCUT2D eigenvalue weighted by Gasteiger charge is 2.41. The molecule has 182 valence electrons. The molecule has 7 heteroatoms. The summed E-state index contributed by atoms with van der Waals surface area (Å²) < 4.78 is 11.3. The summed E-state index contributed by atoms with van der Waals surface area (Å²) >= 11 is 0. The van der Waals surface area contributed by atoms with Gasteiger partial charge in [-0.3, -0.25) is 9.69 Å². The van der Waals surface area contributed by atoms with E-state index in [2.05, 4.69) is 32.2 Å². The minimum Gasteiger partial charge on any atom is -0.447 e. The number of carbonyl (C=O) groups excluding carboxylic acids is 1. The van der Waals surface area contributed by atoms with Crippen LogP contribution in [0.3, 0.4) is 0 Å². The van der Waals surface area contributed by atoms with Gasteiger partial charge >= 0.3 is 0 Å². The van der Waals surface area contributed by atoms with Crippen LogP contribution < -0.4 is 10.2 Å². The molecule has 1 amide bonds. The molecule has 0 radical (unpaired) electrons. The van der Waals surface area contributed by atoms with Crippen molar-refractivity contribution in [2.75, 3.05) is 29.9 Å². The number of amides is 1. The molecule has 3 fully saturated rings. The fraction of sp³-hybridized carbons (Fsp3) is 0.429. The van der Waals surface area contributed by atoms with Crippen molar-refractivity contribution in [3.8, 4) is 0 Å². The molecule has 1 aliphatic carbocycles. The summed E-state index contributed by atoms with van der Waals surface area (Å²) in [4.78, 5) is 21.7. The molecular weight excluding hydrogens is 440 g/mol. The van der Waals surface area contributed by atoms with Crippen LogP contribution in [0.25, 0.3) is 0 Å². The van der Waals surface area contributed by atoms with Crippen LogP contribution >= 0.6 is 0 Å². The van der Waals surface area contributed by atoms with Crippen molar-refractivity contribution in [3.05, 3.63) is 78.0 Å². The molecule has 1 aromatic heterocycles. The van der Waals surface area contributed by atoms with Crippen LogP contribution in [0.4, 0.5) is 11.4 Å². The van der Waals surface area contributed by atoms with Crippen molar-refractivity contribution in [3.63, 3.8) is 0 Å². The van der Waals surface area contributed by atoms with E-state index < -0.39 is 0 Å². The second-order valence-electron chi connectivity index (χ2n) is 10.0. The molecule has 0 spiro atoms. The maximum Gasteiger partial charge on any atom is 0.255 e. The predicted molar refractivity (Wildman–Crippen MR) is 134 cm³/mol. The van der Waals surface area contributed by atoms with Gasteiger partial charge in [-0.05, 0) is 73.6 Å². The maximum atomic E-state index is 12.7. The smallest absolute Gasteiger partial charge is 0.255 e. The van der Waals surface area contributed by atoms with Crippen LogP contribution in [-0.4, -0.2) is 47.6 Å². The first-order valence-corrected chi connectivity index (χ1v) is 12.7. The van der Waals surface area contributed by atoms with Gasteiger partial charge in [0, 0.05) is 42.6 Å². The van der Waals surface area contributed by atoms with Gasteiger partial charge in [-0.1, -0.05) is 12.1 Å². The average molecular weight is 473 g/mol. The minimum absolute atomic E-state index is 0.0932. The van der Waals surface area contributed by atoms with E-state index in [0.29, 0.717) is 30.2 Å². The number of nitrogens with zero attached hydrogens (tertiary/aromatic N) is 3. The largest absolute Gasteiger partial charge is 0.447 e. The quantitative estimate of drug-likeness (QED) is 0.512. The fourth-order valence-electron chi connectivity index (χ4n) is 5.48. The molecule has 6 rings (SSSR count). The number of hydrogen-bond acceptors (Lipinski definition) is 6. The van der Waals surface area contributed by atoms with Gasteiger partial charge in [0.1, 0.15) is 5.76 Å². The van der Waals surface area contributed by atoms with Crippen molar-refractivity contribution in [2.24, 2.45) is 5.92 Å². The predicted octanol–water partition coefficient (Wildman–Crippen LogP) is 4.71. The first-order chi connectivity index (χ1) is 17.2. The molecule has 2 aromatic carbocycles. The Morgan fingerprint density at radius 3 is 2.60 bits per heavy atom. The highest BCUT2D eigenvalue weighted by molar-refractivity contribution is 6.04. The number of benzene rings is 2. The highest BCUT2D eigenvalue weighted by atomic mass is 16.5. The first kappa shape index (κ1) is 22.3. The Labute approximate surface area is 206 Å². The zero-order valence-electron chi connectivity index (χ0n) is 19.9. The van der Waals surface area contributed by atoms with Gasteiger partial charge in [0.2, 0.25) is 0 Å². The van der Waals surface area contributed by atoms with Gasteiger partial charge in [-0.2, -0.15) is 0 Å². The topological polar surface area (TPSA) is 70.8 Å². The second-order valence-corrected chi connectivity index (χ2v) is 10.0. The van der Waals surface area contributed by atoms with E-state index in [-0.39, 0.29) is 5.91 Å². The van der Waals surface area contributed by atoms with E-state index >= 15 is 0 Å². The van der Waals surface area contributed by atoms with Crippen LogP contribution in [0.2, 0.25) is 0 Å². The lowest BCUT2D eigenvalue weighted by atomic mass is 9.96. The van der Waals surface area contributed by atoms with E-state index in [1.165, 1.54) is 37.8 Å². The lowest BCUT2D eigenvalue weighted by Gasteiger charge is -2.27. The van der Waals surface area contributed by atoms with Gasteiger partial charge in [-0.15, -0.1) is 0 Å². The zero-order valence-corrected chi connectivity index (χ0v) is 19.9. The van der Waals surface area contributed by atoms with E-state index in [1.54, 1.807) is 6.20 Å². The molecule has 2 atom stereocenters. The molecule has 3 aromatic rings. The molecule has 0 bridgehead atoms.